The number of carbonyl (C=O) groups is 1. The maximum atomic E-state index is 12.2. The summed E-state index contributed by atoms with van der Waals surface area (Å²) in [6.07, 6.45) is 1.38. The molecule has 0 amide bonds. The minimum absolute atomic E-state index is 0.100. The molecule has 2 aromatic heterocycles. The van der Waals surface area contributed by atoms with Gasteiger partial charge in [-0.3, -0.25) is 4.79 Å². The number of aromatic nitrogens is 1. The SMILES string of the molecule is Cc1cccc2oc(=O)n(C(=O)c3ccco3)c12. The van der Waals surface area contributed by atoms with Gasteiger partial charge in [0.15, 0.2) is 11.3 Å². The Hall–Kier alpha value is -2.56. The van der Waals surface area contributed by atoms with Crippen LogP contribution in [0.2, 0.25) is 0 Å². The van der Waals surface area contributed by atoms with Crippen LogP contribution in [0.4, 0.5) is 0 Å². The van der Waals surface area contributed by atoms with Crippen LogP contribution in [0.1, 0.15) is 16.1 Å². The number of hydrogen-bond acceptors (Lipinski definition) is 4. The highest BCUT2D eigenvalue weighted by molar-refractivity contribution is 5.99. The summed E-state index contributed by atoms with van der Waals surface area (Å²) in [4.78, 5) is 23.9. The number of hydrogen-bond donors (Lipinski definition) is 0. The second-order valence-corrected chi connectivity index (χ2v) is 3.91. The number of benzene rings is 1. The molecule has 18 heavy (non-hydrogen) atoms. The highest BCUT2D eigenvalue weighted by Crippen LogP contribution is 2.18. The van der Waals surface area contributed by atoms with E-state index in [9.17, 15) is 9.59 Å². The maximum absolute atomic E-state index is 12.2. The van der Waals surface area contributed by atoms with Gasteiger partial charge in [0.05, 0.1) is 6.26 Å². The minimum atomic E-state index is -0.708. The quantitative estimate of drug-likeness (QED) is 0.657. The van der Waals surface area contributed by atoms with Gasteiger partial charge >= 0.3 is 11.7 Å². The summed E-state index contributed by atoms with van der Waals surface area (Å²) < 4.78 is 11.0. The summed E-state index contributed by atoms with van der Waals surface area (Å²) in [6.45, 7) is 1.81. The lowest BCUT2D eigenvalue weighted by atomic mass is 10.2. The predicted octanol–water partition coefficient (Wildman–Crippen LogP) is 2.18. The number of aryl methyl sites for hydroxylation is 1. The van der Waals surface area contributed by atoms with Gasteiger partial charge in [0, 0.05) is 0 Å². The Kier molecular flexibility index (Phi) is 2.19. The van der Waals surface area contributed by atoms with Gasteiger partial charge < -0.3 is 8.83 Å². The van der Waals surface area contributed by atoms with Crippen molar-refractivity contribution in [3.05, 3.63) is 58.5 Å². The fraction of sp³-hybridized carbons (Fsp3) is 0.0769. The number of furan rings is 1. The van der Waals surface area contributed by atoms with E-state index in [-0.39, 0.29) is 5.76 Å². The van der Waals surface area contributed by atoms with Crippen molar-refractivity contribution in [2.45, 2.75) is 6.92 Å². The van der Waals surface area contributed by atoms with Gasteiger partial charge in [-0.1, -0.05) is 12.1 Å². The highest BCUT2D eigenvalue weighted by atomic mass is 16.4. The fourth-order valence-electron chi connectivity index (χ4n) is 1.93. The number of para-hydroxylation sites is 1. The van der Waals surface area contributed by atoms with Crippen LogP contribution in [0.3, 0.4) is 0 Å². The van der Waals surface area contributed by atoms with E-state index in [0.29, 0.717) is 11.1 Å². The third-order valence-corrected chi connectivity index (χ3v) is 2.74. The van der Waals surface area contributed by atoms with Crippen LogP contribution in [-0.4, -0.2) is 10.5 Å². The Morgan fingerprint density at radius 1 is 1.22 bits per heavy atom. The Morgan fingerprint density at radius 3 is 2.78 bits per heavy atom. The van der Waals surface area contributed by atoms with E-state index in [4.69, 9.17) is 8.83 Å². The molecule has 0 fully saturated rings. The number of nitrogens with zero attached hydrogens (tertiary/aromatic N) is 1. The molecule has 0 spiro atoms. The van der Waals surface area contributed by atoms with Crippen LogP contribution >= 0.6 is 0 Å². The summed E-state index contributed by atoms with van der Waals surface area (Å²) in [5.74, 6) is -1.14. The highest BCUT2D eigenvalue weighted by Gasteiger charge is 2.20. The standard InChI is InChI=1S/C13H9NO4/c1-8-4-2-5-9-11(8)14(13(16)18-9)12(15)10-6-3-7-17-10/h2-7H,1H3. The zero-order valence-electron chi connectivity index (χ0n) is 9.54. The number of rotatable bonds is 1. The molecule has 0 N–H and O–H groups in total. The monoisotopic (exact) mass is 243 g/mol. The van der Waals surface area contributed by atoms with E-state index in [1.165, 1.54) is 12.3 Å². The molecule has 2 heterocycles. The molecular formula is C13H9NO4. The molecule has 0 saturated carbocycles. The van der Waals surface area contributed by atoms with Gasteiger partial charge in [-0.2, -0.15) is 0 Å². The molecule has 0 bridgehead atoms. The second kappa shape index (κ2) is 3.73. The smallest absolute Gasteiger partial charge is 0.427 e. The molecule has 0 saturated heterocycles. The molecule has 3 rings (SSSR count). The molecule has 0 aliphatic heterocycles. The van der Waals surface area contributed by atoms with Gasteiger partial charge in [-0.15, -0.1) is 0 Å². The van der Waals surface area contributed by atoms with Crippen molar-refractivity contribution in [3.63, 3.8) is 0 Å². The van der Waals surface area contributed by atoms with Crippen LogP contribution in [-0.2, 0) is 0 Å². The first kappa shape index (κ1) is 10.6. The largest absolute Gasteiger partial charge is 0.459 e. The van der Waals surface area contributed by atoms with Crippen molar-refractivity contribution in [1.29, 1.82) is 0 Å². The van der Waals surface area contributed by atoms with Crippen molar-refractivity contribution in [2.75, 3.05) is 0 Å². The first-order chi connectivity index (χ1) is 8.68. The first-order valence-corrected chi connectivity index (χ1v) is 5.38. The first-order valence-electron chi connectivity index (χ1n) is 5.38. The van der Waals surface area contributed by atoms with Crippen LogP contribution < -0.4 is 5.76 Å². The van der Waals surface area contributed by atoms with Crippen molar-refractivity contribution < 1.29 is 13.6 Å². The van der Waals surface area contributed by atoms with Gasteiger partial charge in [0.2, 0.25) is 0 Å². The van der Waals surface area contributed by atoms with Crippen LogP contribution in [0, 0.1) is 6.92 Å². The molecule has 0 radical (unpaired) electrons. The Balaban J connectivity index is 2.33. The van der Waals surface area contributed by atoms with Crippen molar-refractivity contribution in [2.24, 2.45) is 0 Å². The molecule has 0 aliphatic rings. The van der Waals surface area contributed by atoms with E-state index in [2.05, 4.69) is 0 Å². The number of oxazole rings is 1. The lowest BCUT2D eigenvalue weighted by molar-refractivity contribution is 0.0929. The second-order valence-electron chi connectivity index (χ2n) is 3.91. The molecule has 0 unspecified atom stereocenters. The molecule has 5 nitrogen and oxygen atoms in total. The average molecular weight is 243 g/mol. The molecule has 0 aliphatic carbocycles. The Morgan fingerprint density at radius 2 is 2.06 bits per heavy atom. The van der Waals surface area contributed by atoms with Crippen molar-refractivity contribution >= 4 is 17.0 Å². The number of fused-ring (bicyclic) bond motifs is 1. The third kappa shape index (κ3) is 1.41. The molecule has 5 heteroatoms. The van der Waals surface area contributed by atoms with Gasteiger partial charge in [0.1, 0.15) is 5.52 Å². The molecule has 1 aromatic carbocycles. The summed E-state index contributed by atoms with van der Waals surface area (Å²) in [5.41, 5.74) is 1.65. The van der Waals surface area contributed by atoms with E-state index in [1.807, 2.05) is 13.0 Å². The zero-order chi connectivity index (χ0) is 12.7. The minimum Gasteiger partial charge on any atom is -0.459 e. The average Bonchev–Trinajstić information content (AvgIpc) is 2.95. The summed E-state index contributed by atoms with van der Waals surface area (Å²) >= 11 is 0. The fourth-order valence-corrected chi connectivity index (χ4v) is 1.93. The topological polar surface area (TPSA) is 65.3 Å². The Bertz CT molecular complexity index is 777. The molecule has 0 atom stereocenters. The lowest BCUT2D eigenvalue weighted by Crippen LogP contribution is -2.23. The molecule has 90 valence electrons. The summed E-state index contributed by atoms with van der Waals surface area (Å²) in [7, 11) is 0. The third-order valence-electron chi connectivity index (χ3n) is 2.74. The van der Waals surface area contributed by atoms with E-state index < -0.39 is 11.7 Å². The van der Waals surface area contributed by atoms with E-state index >= 15 is 0 Å². The van der Waals surface area contributed by atoms with Gasteiger partial charge in [-0.25, -0.2) is 9.36 Å². The maximum Gasteiger partial charge on any atom is 0.427 e. The molecular weight excluding hydrogens is 234 g/mol. The summed E-state index contributed by atoms with van der Waals surface area (Å²) in [5, 5.41) is 0. The van der Waals surface area contributed by atoms with Gasteiger partial charge in [0.25, 0.3) is 0 Å². The lowest BCUT2D eigenvalue weighted by Gasteiger charge is -2.00. The number of carbonyl (C=O) groups excluding carboxylic acids is 1. The van der Waals surface area contributed by atoms with Gasteiger partial charge in [-0.05, 0) is 30.7 Å². The normalized spacial score (nSPS) is 10.9. The predicted molar refractivity (Wildman–Crippen MR) is 63.6 cm³/mol. The van der Waals surface area contributed by atoms with Crippen LogP contribution in [0.5, 0.6) is 0 Å². The zero-order valence-corrected chi connectivity index (χ0v) is 9.54. The van der Waals surface area contributed by atoms with Crippen molar-refractivity contribution in [3.8, 4) is 0 Å². The van der Waals surface area contributed by atoms with E-state index in [1.54, 1.807) is 18.2 Å². The Labute approximate surface area is 101 Å². The summed E-state index contributed by atoms with van der Waals surface area (Å²) in [6, 6.07) is 8.32. The van der Waals surface area contributed by atoms with E-state index in [0.717, 1.165) is 10.1 Å². The van der Waals surface area contributed by atoms with Crippen LogP contribution in [0.15, 0.2) is 50.2 Å². The molecule has 3 aromatic rings. The van der Waals surface area contributed by atoms with Crippen molar-refractivity contribution in [1.82, 2.24) is 4.57 Å². The van der Waals surface area contributed by atoms with Crippen LogP contribution in [0.25, 0.3) is 11.1 Å².